The molecule has 1 aliphatic carbocycles. The van der Waals surface area contributed by atoms with Gasteiger partial charge in [0.25, 0.3) is 0 Å². The third-order valence-corrected chi connectivity index (χ3v) is 5.22. The lowest BCUT2D eigenvalue weighted by Gasteiger charge is -2.38. The summed E-state index contributed by atoms with van der Waals surface area (Å²) in [6.45, 7) is 9.43. The fourth-order valence-electron chi connectivity index (χ4n) is 3.33. The van der Waals surface area contributed by atoms with Crippen molar-refractivity contribution in [1.82, 2.24) is 4.90 Å². The highest BCUT2D eigenvalue weighted by atomic mass is 32.1. The Labute approximate surface area is 125 Å². The predicted molar refractivity (Wildman–Crippen MR) is 82.2 cm³/mol. The summed E-state index contributed by atoms with van der Waals surface area (Å²) in [7, 11) is 0. The Hall–Kier alpha value is -0.680. The summed E-state index contributed by atoms with van der Waals surface area (Å²) in [5.74, 6) is 0. The van der Waals surface area contributed by atoms with Crippen molar-refractivity contribution in [3.8, 4) is 0 Å². The first kappa shape index (κ1) is 14.3. The Morgan fingerprint density at radius 2 is 2.40 bits per heavy atom. The molecule has 3 nitrogen and oxygen atoms in total. The van der Waals surface area contributed by atoms with Gasteiger partial charge in [-0.2, -0.15) is 0 Å². The van der Waals surface area contributed by atoms with Crippen LogP contribution in [-0.2, 0) is 16.0 Å². The molecular formula is C16H23NO2S. The van der Waals surface area contributed by atoms with Gasteiger partial charge in [-0.05, 0) is 31.9 Å². The number of ether oxygens (including phenoxy) is 2. The van der Waals surface area contributed by atoms with Gasteiger partial charge in [-0.3, -0.25) is 4.90 Å². The zero-order valence-electron chi connectivity index (χ0n) is 12.1. The molecule has 0 amide bonds. The van der Waals surface area contributed by atoms with Crippen molar-refractivity contribution in [3.05, 3.63) is 34.5 Å². The second-order valence-electron chi connectivity index (χ2n) is 5.62. The van der Waals surface area contributed by atoms with Crippen molar-refractivity contribution in [2.24, 2.45) is 0 Å². The molecule has 0 N–H and O–H groups in total. The van der Waals surface area contributed by atoms with E-state index in [2.05, 4.69) is 30.5 Å². The molecular weight excluding hydrogens is 270 g/mol. The summed E-state index contributed by atoms with van der Waals surface area (Å²) in [6, 6.07) is 4.98. The van der Waals surface area contributed by atoms with Crippen LogP contribution in [0.2, 0.25) is 0 Å². The Morgan fingerprint density at radius 1 is 1.50 bits per heavy atom. The van der Waals surface area contributed by atoms with E-state index in [0.29, 0.717) is 12.6 Å². The van der Waals surface area contributed by atoms with Crippen LogP contribution in [-0.4, -0.2) is 42.9 Å². The molecule has 0 aromatic carbocycles. The van der Waals surface area contributed by atoms with Gasteiger partial charge in [-0.15, -0.1) is 17.9 Å². The molecule has 1 saturated heterocycles. The fraction of sp³-hybridized carbons (Fsp3) is 0.625. The van der Waals surface area contributed by atoms with E-state index in [1.54, 1.807) is 0 Å². The van der Waals surface area contributed by atoms with E-state index in [1.165, 1.54) is 16.2 Å². The molecule has 1 aromatic heterocycles. The van der Waals surface area contributed by atoms with Crippen molar-refractivity contribution in [2.45, 2.75) is 44.6 Å². The Bertz CT molecular complexity index is 459. The number of nitrogens with zero attached hydrogens (tertiary/aromatic N) is 1. The lowest BCUT2D eigenvalue weighted by molar-refractivity contribution is -0.111. The zero-order valence-corrected chi connectivity index (χ0v) is 12.9. The van der Waals surface area contributed by atoms with Crippen molar-refractivity contribution in [2.75, 3.05) is 19.8 Å². The maximum Gasteiger partial charge on any atom is 0.0992 e. The summed E-state index contributed by atoms with van der Waals surface area (Å²) in [4.78, 5) is 5.43. The quantitative estimate of drug-likeness (QED) is 0.779. The Balaban J connectivity index is 1.63. The summed E-state index contributed by atoms with van der Waals surface area (Å²) in [6.07, 6.45) is 4.58. The molecule has 2 fully saturated rings. The van der Waals surface area contributed by atoms with Crippen LogP contribution in [0.3, 0.4) is 0 Å². The van der Waals surface area contributed by atoms with E-state index in [1.807, 2.05) is 17.4 Å². The van der Waals surface area contributed by atoms with Gasteiger partial charge in [0.05, 0.1) is 25.4 Å². The number of thiophene rings is 1. The van der Waals surface area contributed by atoms with Crippen LogP contribution < -0.4 is 0 Å². The minimum Gasteiger partial charge on any atom is -0.373 e. The molecule has 1 saturated carbocycles. The second-order valence-corrected chi connectivity index (χ2v) is 7.00. The maximum atomic E-state index is 5.99. The molecule has 1 aliphatic heterocycles. The van der Waals surface area contributed by atoms with Crippen LogP contribution in [0.4, 0.5) is 0 Å². The minimum atomic E-state index is 0.241. The summed E-state index contributed by atoms with van der Waals surface area (Å²) in [5.41, 5.74) is 0. The van der Waals surface area contributed by atoms with Crippen LogP contribution in [0.15, 0.2) is 24.8 Å². The standard InChI is InChI=1S/C16H23NO2S/c1-3-9-18-15-7-6-14-16(15)19-10-8-17(14)11-13-5-4-12(2)20-13/h3-5,14-16H,1,6-11H2,2H3/t14-,15-,16+/m0/s1. The van der Waals surface area contributed by atoms with E-state index in [0.717, 1.165) is 26.1 Å². The average molecular weight is 293 g/mol. The normalized spacial score (nSPS) is 30.4. The topological polar surface area (TPSA) is 21.7 Å². The number of hydrogen-bond acceptors (Lipinski definition) is 4. The van der Waals surface area contributed by atoms with Crippen LogP contribution in [0.1, 0.15) is 22.6 Å². The molecule has 3 rings (SSSR count). The lowest BCUT2D eigenvalue weighted by atomic mass is 10.1. The van der Waals surface area contributed by atoms with Crippen molar-refractivity contribution < 1.29 is 9.47 Å². The summed E-state index contributed by atoms with van der Waals surface area (Å²) >= 11 is 1.90. The first-order valence-corrected chi connectivity index (χ1v) is 8.23. The lowest BCUT2D eigenvalue weighted by Crippen LogP contribution is -2.51. The number of morpholine rings is 1. The third-order valence-electron chi connectivity index (χ3n) is 4.23. The molecule has 20 heavy (non-hydrogen) atoms. The van der Waals surface area contributed by atoms with Gasteiger partial charge in [0, 0.05) is 28.9 Å². The van der Waals surface area contributed by atoms with Gasteiger partial charge >= 0.3 is 0 Å². The number of fused-ring (bicyclic) bond motifs is 1. The minimum absolute atomic E-state index is 0.241. The molecule has 1 aromatic rings. The molecule has 3 atom stereocenters. The van der Waals surface area contributed by atoms with Gasteiger partial charge in [0.15, 0.2) is 0 Å². The number of hydrogen-bond donors (Lipinski definition) is 0. The molecule has 110 valence electrons. The van der Waals surface area contributed by atoms with Crippen LogP contribution in [0, 0.1) is 6.92 Å². The molecule has 0 unspecified atom stereocenters. The number of rotatable bonds is 5. The Kier molecular flexibility index (Phi) is 4.56. The fourth-order valence-corrected chi connectivity index (χ4v) is 4.24. The SMILES string of the molecule is C=CCO[C@H]1CC[C@H]2[C@H]1OCCN2Cc1ccc(C)s1. The average Bonchev–Trinajstić information content (AvgIpc) is 3.04. The van der Waals surface area contributed by atoms with Gasteiger partial charge in [-0.1, -0.05) is 6.08 Å². The van der Waals surface area contributed by atoms with E-state index in [9.17, 15) is 0 Å². The molecule has 0 spiro atoms. The van der Waals surface area contributed by atoms with Crippen LogP contribution in [0.25, 0.3) is 0 Å². The maximum absolute atomic E-state index is 5.99. The first-order chi connectivity index (χ1) is 9.78. The largest absolute Gasteiger partial charge is 0.373 e. The summed E-state index contributed by atoms with van der Waals surface area (Å²) < 4.78 is 11.8. The molecule has 0 bridgehead atoms. The van der Waals surface area contributed by atoms with Crippen molar-refractivity contribution in [3.63, 3.8) is 0 Å². The van der Waals surface area contributed by atoms with Gasteiger partial charge in [0.2, 0.25) is 0 Å². The molecule has 2 aliphatic rings. The smallest absolute Gasteiger partial charge is 0.0992 e. The highest BCUT2D eigenvalue weighted by Crippen LogP contribution is 2.33. The van der Waals surface area contributed by atoms with E-state index < -0.39 is 0 Å². The van der Waals surface area contributed by atoms with Crippen molar-refractivity contribution in [1.29, 1.82) is 0 Å². The van der Waals surface area contributed by atoms with E-state index in [4.69, 9.17) is 9.47 Å². The summed E-state index contributed by atoms with van der Waals surface area (Å²) in [5, 5.41) is 0. The van der Waals surface area contributed by atoms with Gasteiger partial charge in [0.1, 0.15) is 0 Å². The predicted octanol–water partition coefficient (Wildman–Crippen LogP) is 2.99. The number of aryl methyl sites for hydroxylation is 1. The molecule has 0 radical (unpaired) electrons. The highest BCUT2D eigenvalue weighted by Gasteiger charge is 2.43. The van der Waals surface area contributed by atoms with Crippen molar-refractivity contribution >= 4 is 11.3 Å². The highest BCUT2D eigenvalue weighted by molar-refractivity contribution is 7.11. The zero-order chi connectivity index (χ0) is 13.9. The second kappa shape index (κ2) is 6.39. The van der Waals surface area contributed by atoms with Gasteiger partial charge in [-0.25, -0.2) is 0 Å². The van der Waals surface area contributed by atoms with E-state index >= 15 is 0 Å². The Morgan fingerprint density at radius 3 is 3.15 bits per heavy atom. The van der Waals surface area contributed by atoms with E-state index in [-0.39, 0.29) is 12.2 Å². The first-order valence-electron chi connectivity index (χ1n) is 7.41. The molecule has 4 heteroatoms. The third kappa shape index (κ3) is 2.98. The monoisotopic (exact) mass is 293 g/mol. The van der Waals surface area contributed by atoms with Gasteiger partial charge < -0.3 is 9.47 Å². The van der Waals surface area contributed by atoms with Crippen LogP contribution in [0.5, 0.6) is 0 Å². The van der Waals surface area contributed by atoms with Crippen LogP contribution >= 0.6 is 11.3 Å². The molecule has 2 heterocycles.